The number of aryl methyl sites for hydroxylation is 1. The Morgan fingerprint density at radius 1 is 1.07 bits per heavy atom. The quantitative estimate of drug-likeness (QED) is 0.487. The summed E-state index contributed by atoms with van der Waals surface area (Å²) in [6.45, 7) is 4.00. The largest absolute Gasteiger partial charge is 0.348 e. The molecule has 0 N–H and O–H groups in total. The van der Waals surface area contributed by atoms with Crippen LogP contribution in [0.5, 0.6) is 0 Å². The molecule has 148 valence electrons. The lowest BCUT2D eigenvalue weighted by Gasteiger charge is -2.14. The van der Waals surface area contributed by atoms with Crippen molar-refractivity contribution in [2.45, 2.75) is 19.0 Å². The molecule has 8 heteroatoms. The van der Waals surface area contributed by atoms with Gasteiger partial charge in [0.2, 0.25) is 11.7 Å². The summed E-state index contributed by atoms with van der Waals surface area (Å²) in [5.74, 6) is 0.658. The van der Waals surface area contributed by atoms with Crippen LogP contribution in [0.15, 0.2) is 52.4 Å². The third kappa shape index (κ3) is 3.19. The van der Waals surface area contributed by atoms with Crippen molar-refractivity contribution in [3.05, 3.63) is 63.9 Å². The van der Waals surface area contributed by atoms with Gasteiger partial charge in [-0.05, 0) is 43.2 Å². The first kappa shape index (κ1) is 19.2. The zero-order chi connectivity index (χ0) is 20.7. The molecule has 2 heterocycles. The molecule has 0 unspecified atom stereocenters. The van der Waals surface area contributed by atoms with Gasteiger partial charge in [0, 0.05) is 14.1 Å². The molecular weight excluding hydrogens is 386 g/mol. The summed E-state index contributed by atoms with van der Waals surface area (Å²) in [6.07, 6.45) is 0. The Hall–Kier alpha value is -3.13. The fourth-order valence-electron chi connectivity index (χ4n) is 3.22. The molecule has 0 saturated heterocycles. The van der Waals surface area contributed by atoms with E-state index >= 15 is 0 Å². The van der Waals surface area contributed by atoms with E-state index in [2.05, 4.69) is 10.2 Å². The Morgan fingerprint density at radius 3 is 2.59 bits per heavy atom. The maximum atomic E-state index is 13.4. The van der Waals surface area contributed by atoms with E-state index in [0.29, 0.717) is 16.3 Å². The van der Waals surface area contributed by atoms with E-state index < -0.39 is 0 Å². The molecule has 4 aromatic rings. The molecule has 2 aromatic heterocycles. The minimum absolute atomic E-state index is 0.0149. The second kappa shape index (κ2) is 7.36. The minimum Gasteiger partial charge on any atom is -0.348 e. The fraction of sp³-hybridized carbons (Fsp3) is 0.238. The van der Waals surface area contributed by atoms with Crippen molar-refractivity contribution in [2.24, 2.45) is 0 Å². The Labute approximate surface area is 172 Å². The molecular formula is C21H21N5O2S. The maximum absolute atomic E-state index is 13.4. The van der Waals surface area contributed by atoms with Gasteiger partial charge < -0.3 is 4.90 Å². The van der Waals surface area contributed by atoms with Crippen molar-refractivity contribution in [3.8, 4) is 5.69 Å². The molecule has 1 amide bonds. The monoisotopic (exact) mass is 407 g/mol. The van der Waals surface area contributed by atoms with Crippen LogP contribution < -0.4 is 5.56 Å². The number of hydrogen-bond acceptors (Lipinski definition) is 5. The number of carbonyl (C=O) groups excluding carboxylic acids is 1. The second-order valence-electron chi connectivity index (χ2n) is 7.07. The van der Waals surface area contributed by atoms with Crippen LogP contribution in [0.25, 0.3) is 22.4 Å². The highest BCUT2D eigenvalue weighted by Gasteiger charge is 2.19. The van der Waals surface area contributed by atoms with E-state index in [9.17, 15) is 9.59 Å². The molecule has 0 aliphatic heterocycles. The van der Waals surface area contributed by atoms with Gasteiger partial charge in [-0.15, -0.1) is 10.2 Å². The molecule has 29 heavy (non-hydrogen) atoms. The summed E-state index contributed by atoms with van der Waals surface area (Å²) >= 11 is 1.31. The van der Waals surface area contributed by atoms with Crippen molar-refractivity contribution in [3.63, 3.8) is 0 Å². The van der Waals surface area contributed by atoms with Gasteiger partial charge in [0.15, 0.2) is 5.16 Å². The van der Waals surface area contributed by atoms with Crippen LogP contribution in [-0.4, -0.2) is 49.8 Å². The average molecular weight is 407 g/mol. The number of fused-ring (bicyclic) bond motifs is 3. The number of aromatic nitrogens is 4. The highest BCUT2D eigenvalue weighted by atomic mass is 32.2. The molecule has 7 nitrogen and oxygen atoms in total. The minimum atomic E-state index is -0.143. The smallest absolute Gasteiger partial charge is 0.267 e. The lowest BCUT2D eigenvalue weighted by molar-refractivity contribution is -0.125. The third-order valence-corrected chi connectivity index (χ3v) is 5.95. The predicted octanol–water partition coefficient (Wildman–Crippen LogP) is 2.83. The number of carbonyl (C=O) groups is 1. The Bertz CT molecular complexity index is 1310. The van der Waals surface area contributed by atoms with E-state index in [-0.39, 0.29) is 17.2 Å². The maximum Gasteiger partial charge on any atom is 0.267 e. The van der Waals surface area contributed by atoms with Gasteiger partial charge in [-0.1, -0.05) is 36.0 Å². The summed E-state index contributed by atoms with van der Waals surface area (Å²) in [6, 6.07) is 13.3. The summed E-state index contributed by atoms with van der Waals surface area (Å²) < 4.78 is 3.46. The van der Waals surface area contributed by atoms with Crippen LogP contribution in [-0.2, 0) is 4.79 Å². The normalized spacial score (nSPS) is 11.3. The number of para-hydroxylation sites is 1. The van der Waals surface area contributed by atoms with Crippen LogP contribution in [0, 0.1) is 13.8 Å². The standard InChI is InChI=1S/C21H21N5O2S/c1-13-8-7-11-16(14(13)2)25-19(28)15-9-5-6-10-17(15)26-20(25)22-23-21(26)29-12-18(27)24(3)4/h5-11H,12H2,1-4H3. The highest BCUT2D eigenvalue weighted by Crippen LogP contribution is 2.25. The van der Waals surface area contributed by atoms with Gasteiger partial charge in [0.05, 0.1) is 22.3 Å². The van der Waals surface area contributed by atoms with Crippen LogP contribution in [0.1, 0.15) is 11.1 Å². The van der Waals surface area contributed by atoms with Gasteiger partial charge in [0.1, 0.15) is 0 Å². The van der Waals surface area contributed by atoms with Crippen molar-refractivity contribution in [1.82, 2.24) is 24.1 Å². The molecule has 0 aliphatic carbocycles. The Kier molecular flexibility index (Phi) is 4.87. The van der Waals surface area contributed by atoms with E-state index in [1.54, 1.807) is 29.6 Å². The van der Waals surface area contributed by atoms with E-state index in [1.165, 1.54) is 11.8 Å². The summed E-state index contributed by atoms with van der Waals surface area (Å²) in [5, 5.41) is 9.78. The first-order valence-corrected chi connectivity index (χ1v) is 10.2. The fourth-order valence-corrected chi connectivity index (χ4v) is 4.14. The molecule has 0 radical (unpaired) electrons. The van der Waals surface area contributed by atoms with Crippen molar-refractivity contribution in [2.75, 3.05) is 19.8 Å². The number of hydrogen-bond donors (Lipinski definition) is 0. The first-order chi connectivity index (χ1) is 13.9. The molecule has 0 bridgehead atoms. The molecule has 0 atom stereocenters. The molecule has 0 saturated carbocycles. The van der Waals surface area contributed by atoms with E-state index in [1.807, 2.05) is 54.6 Å². The van der Waals surface area contributed by atoms with Gasteiger partial charge >= 0.3 is 0 Å². The number of rotatable bonds is 4. The van der Waals surface area contributed by atoms with Crippen molar-refractivity contribution < 1.29 is 4.79 Å². The van der Waals surface area contributed by atoms with Crippen LogP contribution >= 0.6 is 11.8 Å². The van der Waals surface area contributed by atoms with Crippen LogP contribution in [0.4, 0.5) is 0 Å². The number of thioether (sulfide) groups is 1. The number of benzene rings is 2. The lowest BCUT2D eigenvalue weighted by atomic mass is 10.1. The van der Waals surface area contributed by atoms with E-state index in [0.717, 1.165) is 22.3 Å². The average Bonchev–Trinajstić information content (AvgIpc) is 3.13. The SMILES string of the molecule is Cc1cccc(-n2c(=O)c3ccccc3n3c(SCC(=O)N(C)C)nnc23)c1C. The van der Waals surface area contributed by atoms with E-state index in [4.69, 9.17) is 0 Å². The van der Waals surface area contributed by atoms with Gasteiger partial charge in [-0.3, -0.25) is 14.0 Å². The second-order valence-corrected chi connectivity index (χ2v) is 8.01. The molecule has 0 aliphatic rings. The molecule has 0 spiro atoms. The van der Waals surface area contributed by atoms with Crippen LogP contribution in [0.2, 0.25) is 0 Å². The zero-order valence-electron chi connectivity index (χ0n) is 16.7. The van der Waals surface area contributed by atoms with Gasteiger partial charge in [0.25, 0.3) is 5.56 Å². The molecule has 2 aromatic carbocycles. The van der Waals surface area contributed by atoms with Crippen molar-refractivity contribution >= 4 is 34.3 Å². The summed E-state index contributed by atoms with van der Waals surface area (Å²) in [5.41, 5.74) is 3.45. The number of amides is 1. The van der Waals surface area contributed by atoms with Crippen molar-refractivity contribution in [1.29, 1.82) is 0 Å². The molecule has 0 fully saturated rings. The predicted molar refractivity (Wildman–Crippen MR) is 115 cm³/mol. The first-order valence-electron chi connectivity index (χ1n) is 9.18. The zero-order valence-corrected chi connectivity index (χ0v) is 17.5. The third-order valence-electron chi connectivity index (χ3n) is 5.04. The lowest BCUT2D eigenvalue weighted by Crippen LogP contribution is -2.24. The Morgan fingerprint density at radius 2 is 1.83 bits per heavy atom. The highest BCUT2D eigenvalue weighted by molar-refractivity contribution is 7.99. The Balaban J connectivity index is 2.02. The molecule has 4 rings (SSSR count). The summed E-state index contributed by atoms with van der Waals surface area (Å²) in [7, 11) is 3.44. The summed E-state index contributed by atoms with van der Waals surface area (Å²) in [4.78, 5) is 27.0. The topological polar surface area (TPSA) is 72.5 Å². The van der Waals surface area contributed by atoms with Crippen LogP contribution in [0.3, 0.4) is 0 Å². The van der Waals surface area contributed by atoms with Gasteiger partial charge in [-0.2, -0.15) is 0 Å². The van der Waals surface area contributed by atoms with Gasteiger partial charge in [-0.25, -0.2) is 4.57 Å². The number of nitrogens with zero attached hydrogens (tertiary/aromatic N) is 5.